The Bertz CT molecular complexity index is 931. The molecule has 0 bridgehead atoms. The maximum Gasteiger partial charge on any atom is 0.231 e. The molecule has 0 aliphatic carbocycles. The third kappa shape index (κ3) is 4.06. The first-order valence-electron chi connectivity index (χ1n) is 9.47. The van der Waals surface area contributed by atoms with Crippen molar-refractivity contribution in [3.05, 3.63) is 48.0 Å². The highest BCUT2D eigenvalue weighted by Gasteiger charge is 2.31. The number of benzene rings is 2. The average Bonchev–Trinajstić information content (AvgIpc) is 3.37. The number of nitrogens with zero attached hydrogens (tertiary/aromatic N) is 2. The van der Waals surface area contributed by atoms with E-state index in [0.717, 1.165) is 28.5 Å². The van der Waals surface area contributed by atoms with Crippen molar-refractivity contribution in [1.29, 1.82) is 0 Å². The lowest BCUT2D eigenvalue weighted by Crippen LogP contribution is -2.44. The third-order valence-electron chi connectivity index (χ3n) is 4.98. The number of rotatable bonds is 5. The molecule has 1 saturated heterocycles. The van der Waals surface area contributed by atoms with Gasteiger partial charge < -0.3 is 29.7 Å². The quantitative estimate of drug-likeness (QED) is 0.593. The van der Waals surface area contributed by atoms with Crippen LogP contribution in [-0.4, -0.2) is 45.4 Å². The van der Waals surface area contributed by atoms with E-state index in [2.05, 4.69) is 15.6 Å². The van der Waals surface area contributed by atoms with Gasteiger partial charge in [-0.3, -0.25) is 9.79 Å². The monoisotopic (exact) mass is 396 g/mol. The Kier molecular flexibility index (Phi) is 5.41. The van der Waals surface area contributed by atoms with E-state index in [4.69, 9.17) is 14.2 Å². The SMILES string of the molecule is CN=C(NCc1cccc2c1OCO2)NC1CC(=O)N(c2cccc(OC)c2)C1. The number of anilines is 1. The first-order valence-corrected chi connectivity index (χ1v) is 9.47. The summed E-state index contributed by atoms with van der Waals surface area (Å²) in [7, 11) is 3.32. The fourth-order valence-electron chi connectivity index (χ4n) is 3.53. The summed E-state index contributed by atoms with van der Waals surface area (Å²) in [6.45, 7) is 1.33. The number of hydrogen-bond acceptors (Lipinski definition) is 5. The lowest BCUT2D eigenvalue weighted by atomic mass is 10.2. The highest BCUT2D eigenvalue weighted by molar-refractivity contribution is 5.97. The van der Waals surface area contributed by atoms with E-state index < -0.39 is 0 Å². The van der Waals surface area contributed by atoms with Crippen molar-refractivity contribution in [3.8, 4) is 17.2 Å². The zero-order valence-electron chi connectivity index (χ0n) is 16.5. The number of hydrogen-bond donors (Lipinski definition) is 2. The molecule has 4 rings (SSSR count). The minimum atomic E-state index is -0.0408. The molecule has 8 nitrogen and oxygen atoms in total. The number of para-hydroxylation sites is 1. The van der Waals surface area contributed by atoms with Crippen molar-refractivity contribution in [3.63, 3.8) is 0 Å². The van der Waals surface area contributed by atoms with E-state index in [1.165, 1.54) is 0 Å². The molecule has 152 valence electrons. The topological polar surface area (TPSA) is 84.4 Å². The van der Waals surface area contributed by atoms with Crippen molar-refractivity contribution in [2.45, 2.75) is 19.0 Å². The van der Waals surface area contributed by atoms with Crippen LogP contribution in [0.1, 0.15) is 12.0 Å². The van der Waals surface area contributed by atoms with E-state index in [1.54, 1.807) is 19.1 Å². The van der Waals surface area contributed by atoms with Gasteiger partial charge in [-0.2, -0.15) is 0 Å². The Balaban J connectivity index is 1.37. The first-order chi connectivity index (χ1) is 14.2. The van der Waals surface area contributed by atoms with Crippen molar-refractivity contribution in [2.24, 2.45) is 4.99 Å². The molecule has 8 heteroatoms. The summed E-state index contributed by atoms with van der Waals surface area (Å²) in [6.07, 6.45) is 0.398. The number of nitrogens with one attached hydrogen (secondary N) is 2. The van der Waals surface area contributed by atoms with Crippen LogP contribution in [0, 0.1) is 0 Å². The Hall–Kier alpha value is -3.42. The van der Waals surface area contributed by atoms with Gasteiger partial charge in [0.2, 0.25) is 12.7 Å². The zero-order chi connectivity index (χ0) is 20.2. The van der Waals surface area contributed by atoms with E-state index in [1.807, 2.05) is 42.5 Å². The van der Waals surface area contributed by atoms with Gasteiger partial charge in [0.1, 0.15) is 5.75 Å². The molecular formula is C21H24N4O4. The van der Waals surface area contributed by atoms with Crippen molar-refractivity contribution < 1.29 is 19.0 Å². The highest BCUT2D eigenvalue weighted by atomic mass is 16.7. The Morgan fingerprint density at radius 3 is 2.97 bits per heavy atom. The number of amides is 1. The predicted octanol–water partition coefficient (Wildman–Crippen LogP) is 1.89. The second kappa shape index (κ2) is 8.30. The van der Waals surface area contributed by atoms with Gasteiger partial charge in [0.15, 0.2) is 17.5 Å². The fourth-order valence-corrected chi connectivity index (χ4v) is 3.53. The standard InChI is InChI=1S/C21H24N4O4/c1-22-21(23-11-14-5-3-8-18-20(14)29-13-28-18)24-15-9-19(26)25(12-15)16-6-4-7-17(10-16)27-2/h3-8,10,15H,9,11-13H2,1-2H3,(H2,22,23,24). The molecule has 0 radical (unpaired) electrons. The van der Waals surface area contributed by atoms with Crippen LogP contribution in [0.5, 0.6) is 17.2 Å². The number of ether oxygens (including phenoxy) is 3. The Morgan fingerprint density at radius 2 is 2.14 bits per heavy atom. The maximum absolute atomic E-state index is 12.5. The number of fused-ring (bicyclic) bond motifs is 1. The molecule has 1 atom stereocenters. The first kappa shape index (κ1) is 18.9. The van der Waals surface area contributed by atoms with Crippen molar-refractivity contribution in [2.75, 3.05) is 32.4 Å². The lowest BCUT2D eigenvalue weighted by molar-refractivity contribution is -0.117. The summed E-state index contributed by atoms with van der Waals surface area (Å²) in [5.74, 6) is 2.94. The van der Waals surface area contributed by atoms with Crippen LogP contribution in [0.2, 0.25) is 0 Å². The molecular weight excluding hydrogens is 372 g/mol. The van der Waals surface area contributed by atoms with Crippen LogP contribution in [0.4, 0.5) is 5.69 Å². The van der Waals surface area contributed by atoms with Gasteiger partial charge in [0.25, 0.3) is 0 Å². The summed E-state index contributed by atoms with van der Waals surface area (Å²) in [4.78, 5) is 18.6. The second-order valence-corrected chi connectivity index (χ2v) is 6.83. The smallest absolute Gasteiger partial charge is 0.231 e. The average molecular weight is 396 g/mol. The van der Waals surface area contributed by atoms with Gasteiger partial charge in [-0.25, -0.2) is 0 Å². The Morgan fingerprint density at radius 1 is 1.28 bits per heavy atom. The van der Waals surface area contributed by atoms with E-state index in [-0.39, 0.29) is 18.7 Å². The van der Waals surface area contributed by atoms with Crippen molar-refractivity contribution >= 4 is 17.6 Å². The van der Waals surface area contributed by atoms with Crippen LogP contribution >= 0.6 is 0 Å². The summed E-state index contributed by atoms with van der Waals surface area (Å²) in [5.41, 5.74) is 1.82. The second-order valence-electron chi connectivity index (χ2n) is 6.83. The fraction of sp³-hybridized carbons (Fsp3) is 0.333. The predicted molar refractivity (Wildman–Crippen MR) is 110 cm³/mol. The molecule has 2 aromatic carbocycles. The van der Waals surface area contributed by atoms with Gasteiger partial charge in [0, 0.05) is 43.9 Å². The molecule has 1 amide bonds. The van der Waals surface area contributed by atoms with Crippen molar-refractivity contribution in [1.82, 2.24) is 10.6 Å². The molecule has 0 spiro atoms. The zero-order valence-corrected chi connectivity index (χ0v) is 16.5. The molecule has 1 fully saturated rings. The summed E-state index contributed by atoms with van der Waals surface area (Å²) < 4.78 is 16.2. The normalized spacial score (nSPS) is 18.1. The van der Waals surface area contributed by atoms with Crippen LogP contribution < -0.4 is 29.7 Å². The minimum absolute atomic E-state index is 0.0408. The molecule has 0 aromatic heterocycles. The highest BCUT2D eigenvalue weighted by Crippen LogP contribution is 2.35. The minimum Gasteiger partial charge on any atom is -0.497 e. The molecule has 2 aromatic rings. The van der Waals surface area contributed by atoms with E-state index >= 15 is 0 Å². The number of carbonyl (C=O) groups excluding carboxylic acids is 1. The number of methoxy groups -OCH3 is 1. The van der Waals surface area contributed by atoms with Gasteiger partial charge in [-0.15, -0.1) is 0 Å². The summed E-state index contributed by atoms with van der Waals surface area (Å²) >= 11 is 0. The molecule has 2 aliphatic heterocycles. The summed E-state index contributed by atoms with van der Waals surface area (Å²) in [5, 5.41) is 6.62. The van der Waals surface area contributed by atoms with Crippen LogP contribution in [0.15, 0.2) is 47.5 Å². The van der Waals surface area contributed by atoms with Crippen LogP contribution in [-0.2, 0) is 11.3 Å². The molecule has 29 heavy (non-hydrogen) atoms. The van der Waals surface area contributed by atoms with E-state index in [0.29, 0.717) is 25.5 Å². The molecule has 2 N–H and O–H groups in total. The van der Waals surface area contributed by atoms with Gasteiger partial charge in [-0.1, -0.05) is 18.2 Å². The van der Waals surface area contributed by atoms with Gasteiger partial charge in [0.05, 0.1) is 13.2 Å². The van der Waals surface area contributed by atoms with E-state index in [9.17, 15) is 4.79 Å². The number of carbonyl (C=O) groups is 1. The third-order valence-corrected chi connectivity index (χ3v) is 4.98. The molecule has 2 heterocycles. The molecule has 0 saturated carbocycles. The van der Waals surface area contributed by atoms with Gasteiger partial charge in [-0.05, 0) is 18.2 Å². The van der Waals surface area contributed by atoms with Crippen LogP contribution in [0.25, 0.3) is 0 Å². The number of aliphatic imine (C=N–C) groups is 1. The molecule has 1 unspecified atom stereocenters. The van der Waals surface area contributed by atoms with Gasteiger partial charge >= 0.3 is 0 Å². The Labute approximate surface area is 169 Å². The number of guanidine groups is 1. The maximum atomic E-state index is 12.5. The molecule has 2 aliphatic rings. The summed E-state index contributed by atoms with van der Waals surface area (Å²) in [6, 6.07) is 13.3. The largest absolute Gasteiger partial charge is 0.497 e. The van der Waals surface area contributed by atoms with Crippen LogP contribution in [0.3, 0.4) is 0 Å². The lowest BCUT2D eigenvalue weighted by Gasteiger charge is -2.19.